The average Bonchev–Trinajstić information content (AvgIpc) is 2.18. The van der Waals surface area contributed by atoms with Gasteiger partial charge < -0.3 is 5.32 Å². The third kappa shape index (κ3) is 4.23. The van der Waals surface area contributed by atoms with Gasteiger partial charge in [0, 0.05) is 11.1 Å². The van der Waals surface area contributed by atoms with E-state index in [1.54, 1.807) is 0 Å². The monoisotopic (exact) mass is 225 g/mol. The molecule has 2 atom stereocenters. The maximum absolute atomic E-state index is 5.95. The summed E-state index contributed by atoms with van der Waals surface area (Å²) in [6.45, 7) is 7.68. The van der Waals surface area contributed by atoms with Crippen molar-refractivity contribution in [3.8, 4) is 0 Å². The van der Waals surface area contributed by atoms with Gasteiger partial charge in [0.2, 0.25) is 0 Å². The van der Waals surface area contributed by atoms with Crippen molar-refractivity contribution in [3.63, 3.8) is 0 Å². The number of hydrogen-bond acceptors (Lipinski definition) is 1. The summed E-state index contributed by atoms with van der Waals surface area (Å²) >= 11 is 5.95. The predicted octanol–water partition coefficient (Wildman–Crippen LogP) is 3.52. The van der Waals surface area contributed by atoms with Crippen molar-refractivity contribution in [1.82, 2.24) is 5.32 Å². The fourth-order valence-electron chi connectivity index (χ4n) is 1.74. The zero-order valence-electron chi connectivity index (χ0n) is 9.76. The van der Waals surface area contributed by atoms with Crippen LogP contribution in [0.25, 0.3) is 0 Å². The molecule has 15 heavy (non-hydrogen) atoms. The maximum Gasteiger partial charge on any atom is 0.0408 e. The van der Waals surface area contributed by atoms with Gasteiger partial charge >= 0.3 is 0 Å². The van der Waals surface area contributed by atoms with Crippen molar-refractivity contribution >= 4 is 11.6 Å². The Balaban J connectivity index is 2.54. The number of halogens is 1. The Morgan fingerprint density at radius 3 is 2.67 bits per heavy atom. The summed E-state index contributed by atoms with van der Waals surface area (Å²) < 4.78 is 0. The van der Waals surface area contributed by atoms with Crippen LogP contribution in [0.5, 0.6) is 0 Å². The van der Waals surface area contributed by atoms with E-state index in [0.717, 1.165) is 18.0 Å². The summed E-state index contributed by atoms with van der Waals surface area (Å²) in [5, 5.41) is 4.28. The molecule has 0 spiro atoms. The van der Waals surface area contributed by atoms with Gasteiger partial charge in [0.25, 0.3) is 0 Å². The van der Waals surface area contributed by atoms with Crippen molar-refractivity contribution in [2.75, 3.05) is 6.54 Å². The second-order valence-electron chi connectivity index (χ2n) is 4.16. The van der Waals surface area contributed by atoms with Gasteiger partial charge in [-0.05, 0) is 43.5 Å². The lowest BCUT2D eigenvalue weighted by Crippen LogP contribution is -2.32. The minimum atomic E-state index is 0.550. The van der Waals surface area contributed by atoms with Crippen LogP contribution in [0.1, 0.15) is 26.3 Å². The summed E-state index contributed by atoms with van der Waals surface area (Å²) in [5.74, 6) is 0.628. The fourth-order valence-corrected chi connectivity index (χ4v) is 1.95. The third-order valence-corrected chi connectivity index (χ3v) is 3.06. The minimum Gasteiger partial charge on any atom is -0.314 e. The molecule has 0 heterocycles. The molecule has 1 N–H and O–H groups in total. The summed E-state index contributed by atoms with van der Waals surface area (Å²) in [4.78, 5) is 0. The van der Waals surface area contributed by atoms with Crippen LogP contribution in [0.4, 0.5) is 0 Å². The highest BCUT2D eigenvalue weighted by molar-refractivity contribution is 6.30. The van der Waals surface area contributed by atoms with Crippen LogP contribution in [0, 0.1) is 5.92 Å². The average molecular weight is 226 g/mol. The van der Waals surface area contributed by atoms with Gasteiger partial charge in [0.05, 0.1) is 0 Å². The highest BCUT2D eigenvalue weighted by atomic mass is 35.5. The molecule has 1 aromatic carbocycles. The van der Waals surface area contributed by atoms with E-state index in [2.05, 4.69) is 38.2 Å². The summed E-state index contributed by atoms with van der Waals surface area (Å²) in [5.41, 5.74) is 1.32. The van der Waals surface area contributed by atoms with Gasteiger partial charge in [-0.3, -0.25) is 0 Å². The molecule has 1 rings (SSSR count). The first-order chi connectivity index (χ1) is 7.13. The first-order valence-corrected chi connectivity index (χ1v) is 5.99. The lowest BCUT2D eigenvalue weighted by Gasteiger charge is -2.20. The standard InChI is InChI=1S/C13H20ClN/c1-4-15-11(3)10(2)8-12-6-5-7-13(14)9-12/h5-7,9-11,15H,4,8H2,1-3H3. The molecule has 2 heteroatoms. The topological polar surface area (TPSA) is 12.0 Å². The van der Waals surface area contributed by atoms with Gasteiger partial charge in [0.1, 0.15) is 0 Å². The van der Waals surface area contributed by atoms with Crippen LogP contribution < -0.4 is 5.32 Å². The molecule has 2 unspecified atom stereocenters. The van der Waals surface area contributed by atoms with E-state index in [1.165, 1.54) is 5.56 Å². The fraction of sp³-hybridized carbons (Fsp3) is 0.538. The number of rotatable bonds is 5. The van der Waals surface area contributed by atoms with E-state index < -0.39 is 0 Å². The molecular formula is C13H20ClN. The van der Waals surface area contributed by atoms with Gasteiger partial charge in [0.15, 0.2) is 0 Å². The van der Waals surface area contributed by atoms with Gasteiger partial charge in [-0.25, -0.2) is 0 Å². The second kappa shape index (κ2) is 6.14. The molecule has 0 aliphatic carbocycles. The van der Waals surface area contributed by atoms with Crippen molar-refractivity contribution in [1.29, 1.82) is 0 Å². The molecule has 1 nitrogen and oxygen atoms in total. The van der Waals surface area contributed by atoms with Crippen molar-refractivity contribution in [2.24, 2.45) is 5.92 Å². The molecule has 0 aromatic heterocycles. The summed E-state index contributed by atoms with van der Waals surface area (Å²) in [6.07, 6.45) is 1.08. The lowest BCUT2D eigenvalue weighted by molar-refractivity contribution is 0.406. The van der Waals surface area contributed by atoms with Crippen LogP contribution in [-0.2, 0) is 6.42 Å². The van der Waals surface area contributed by atoms with E-state index in [1.807, 2.05) is 12.1 Å². The molecule has 1 aromatic rings. The van der Waals surface area contributed by atoms with Crippen LogP contribution in [-0.4, -0.2) is 12.6 Å². The van der Waals surface area contributed by atoms with Crippen molar-refractivity contribution < 1.29 is 0 Å². The highest BCUT2D eigenvalue weighted by Crippen LogP contribution is 2.16. The third-order valence-electron chi connectivity index (χ3n) is 2.83. The first kappa shape index (κ1) is 12.5. The molecule has 0 fully saturated rings. The molecular weight excluding hydrogens is 206 g/mol. The van der Waals surface area contributed by atoms with Gasteiger partial charge in [-0.1, -0.05) is 37.6 Å². The predicted molar refractivity (Wildman–Crippen MR) is 67.5 cm³/mol. The van der Waals surface area contributed by atoms with E-state index in [-0.39, 0.29) is 0 Å². The molecule has 0 saturated carbocycles. The largest absolute Gasteiger partial charge is 0.314 e. The number of nitrogens with one attached hydrogen (secondary N) is 1. The van der Waals surface area contributed by atoms with E-state index in [4.69, 9.17) is 11.6 Å². The van der Waals surface area contributed by atoms with Gasteiger partial charge in [-0.15, -0.1) is 0 Å². The summed E-state index contributed by atoms with van der Waals surface area (Å²) in [7, 11) is 0. The van der Waals surface area contributed by atoms with E-state index in [0.29, 0.717) is 12.0 Å². The Bertz CT molecular complexity index is 298. The molecule has 0 radical (unpaired) electrons. The summed E-state index contributed by atoms with van der Waals surface area (Å²) in [6, 6.07) is 8.68. The van der Waals surface area contributed by atoms with Crippen molar-refractivity contribution in [2.45, 2.75) is 33.2 Å². The SMILES string of the molecule is CCNC(C)C(C)Cc1cccc(Cl)c1. The lowest BCUT2D eigenvalue weighted by atomic mass is 9.95. The molecule has 0 saturated heterocycles. The Morgan fingerprint density at radius 2 is 2.07 bits per heavy atom. The highest BCUT2D eigenvalue weighted by Gasteiger charge is 2.11. The molecule has 84 valence electrons. The van der Waals surface area contributed by atoms with Gasteiger partial charge in [-0.2, -0.15) is 0 Å². The Morgan fingerprint density at radius 1 is 1.33 bits per heavy atom. The Kier molecular flexibility index (Phi) is 5.13. The van der Waals surface area contributed by atoms with Crippen LogP contribution in [0.3, 0.4) is 0 Å². The number of hydrogen-bond donors (Lipinski definition) is 1. The molecule has 0 aliphatic rings. The van der Waals surface area contributed by atoms with Crippen molar-refractivity contribution in [3.05, 3.63) is 34.9 Å². The van der Waals surface area contributed by atoms with Crippen LogP contribution >= 0.6 is 11.6 Å². The zero-order valence-corrected chi connectivity index (χ0v) is 10.5. The zero-order chi connectivity index (χ0) is 11.3. The smallest absolute Gasteiger partial charge is 0.0408 e. The Hall–Kier alpha value is -0.530. The maximum atomic E-state index is 5.95. The first-order valence-electron chi connectivity index (χ1n) is 5.61. The minimum absolute atomic E-state index is 0.550. The van der Waals surface area contributed by atoms with Crippen LogP contribution in [0.15, 0.2) is 24.3 Å². The Labute approximate surface area is 97.8 Å². The second-order valence-corrected chi connectivity index (χ2v) is 4.59. The normalized spacial score (nSPS) is 14.9. The molecule has 0 amide bonds. The quantitative estimate of drug-likeness (QED) is 0.809. The van der Waals surface area contributed by atoms with Crippen LogP contribution in [0.2, 0.25) is 5.02 Å². The van der Waals surface area contributed by atoms with E-state index in [9.17, 15) is 0 Å². The van der Waals surface area contributed by atoms with E-state index >= 15 is 0 Å². The molecule has 0 aliphatic heterocycles. The molecule has 0 bridgehead atoms. The number of benzene rings is 1.